The molecule has 0 amide bonds. The number of hydrogen-bond donors (Lipinski definition) is 2. The van der Waals surface area contributed by atoms with Crippen LogP contribution in [0, 0.1) is 11.3 Å². The third kappa shape index (κ3) is 3.32. The first-order chi connectivity index (χ1) is 10.8. The van der Waals surface area contributed by atoms with Crippen LogP contribution in [-0.2, 0) is 12.8 Å². The molecule has 0 radical (unpaired) electrons. The molecule has 0 bridgehead atoms. The molecule has 1 aromatic heterocycles. The second kappa shape index (κ2) is 6.19. The Kier molecular flexibility index (Phi) is 4.55. The van der Waals surface area contributed by atoms with E-state index >= 15 is 0 Å². The lowest BCUT2D eigenvalue weighted by Gasteiger charge is -2.29. The van der Waals surface area contributed by atoms with E-state index in [4.69, 9.17) is 5.84 Å². The molecule has 0 spiro atoms. The lowest BCUT2D eigenvalue weighted by molar-refractivity contribution is 0.0693. The molecule has 1 aromatic rings. The molecule has 1 fully saturated rings. The molecule has 128 valence electrons. The van der Waals surface area contributed by atoms with E-state index < -0.39 is 5.97 Å². The highest BCUT2D eigenvalue weighted by Crippen LogP contribution is 2.49. The zero-order chi connectivity index (χ0) is 16.8. The van der Waals surface area contributed by atoms with Crippen molar-refractivity contribution in [2.45, 2.75) is 58.3 Å². The molecule has 4 nitrogen and oxygen atoms in total. The number of carboxylic acid groups (broad SMARTS) is 1. The van der Waals surface area contributed by atoms with Crippen LogP contribution in [0.1, 0.15) is 71.1 Å². The number of aromatic carboxylic acids is 1. The first-order valence-corrected chi connectivity index (χ1v) is 9.44. The number of carboxylic acids is 1. The minimum absolute atomic E-state index is 0.210. The number of aryl methyl sites for hydroxylation is 1. The molecule has 3 N–H and O–H groups in total. The Morgan fingerprint density at radius 1 is 1.43 bits per heavy atom. The highest BCUT2D eigenvalue weighted by molar-refractivity contribution is 7.12. The van der Waals surface area contributed by atoms with Crippen molar-refractivity contribution < 1.29 is 9.90 Å². The summed E-state index contributed by atoms with van der Waals surface area (Å²) >= 11 is 1.78. The Balaban J connectivity index is 2.00. The zero-order valence-electron chi connectivity index (χ0n) is 14.4. The molecule has 2 aliphatic rings. The number of hydrogen-bond acceptors (Lipinski definition) is 4. The Morgan fingerprint density at radius 3 is 2.83 bits per heavy atom. The van der Waals surface area contributed by atoms with Crippen LogP contribution in [0.3, 0.4) is 0 Å². The fourth-order valence-corrected chi connectivity index (χ4v) is 5.95. The van der Waals surface area contributed by atoms with Crippen LogP contribution in [0.15, 0.2) is 0 Å². The van der Waals surface area contributed by atoms with Crippen LogP contribution in [0.5, 0.6) is 0 Å². The zero-order valence-corrected chi connectivity index (χ0v) is 15.2. The number of fused-ring (bicyclic) bond motifs is 1. The molecular formula is C18H28N2O2S. The number of thiophene rings is 1. The first kappa shape index (κ1) is 16.9. The predicted molar refractivity (Wildman–Crippen MR) is 94.0 cm³/mol. The van der Waals surface area contributed by atoms with E-state index in [1.807, 2.05) is 7.05 Å². The van der Waals surface area contributed by atoms with Gasteiger partial charge in [0, 0.05) is 23.3 Å². The summed E-state index contributed by atoms with van der Waals surface area (Å²) in [6.07, 6.45) is 6.51. The smallest absolute Gasteiger partial charge is 0.337 e. The minimum Gasteiger partial charge on any atom is -0.478 e. The average molecular weight is 337 g/mol. The molecule has 2 atom stereocenters. The molecule has 0 unspecified atom stereocenters. The molecular weight excluding hydrogens is 308 g/mol. The van der Waals surface area contributed by atoms with Gasteiger partial charge < -0.3 is 5.11 Å². The van der Waals surface area contributed by atoms with E-state index in [0.29, 0.717) is 17.4 Å². The molecule has 1 saturated carbocycles. The van der Waals surface area contributed by atoms with Crippen molar-refractivity contribution in [3.05, 3.63) is 20.9 Å². The van der Waals surface area contributed by atoms with Gasteiger partial charge in [0.1, 0.15) is 0 Å². The number of hydrazine groups is 1. The summed E-state index contributed by atoms with van der Waals surface area (Å²) in [7, 11) is 1.90. The number of nitrogens with zero attached hydrogens (tertiary/aromatic N) is 1. The molecule has 23 heavy (non-hydrogen) atoms. The minimum atomic E-state index is -0.734. The Labute approximate surface area is 142 Å². The van der Waals surface area contributed by atoms with Crippen LogP contribution in [0.4, 0.5) is 0 Å². The molecule has 3 rings (SSSR count). The van der Waals surface area contributed by atoms with E-state index in [-0.39, 0.29) is 5.41 Å². The van der Waals surface area contributed by atoms with Gasteiger partial charge in [0.25, 0.3) is 0 Å². The van der Waals surface area contributed by atoms with Gasteiger partial charge in [0.2, 0.25) is 0 Å². The third-order valence-corrected chi connectivity index (χ3v) is 6.96. The summed E-state index contributed by atoms with van der Waals surface area (Å²) in [4.78, 5) is 14.5. The number of carbonyl (C=O) groups is 1. The summed E-state index contributed by atoms with van der Waals surface area (Å²) in [6, 6.07) is 0. The van der Waals surface area contributed by atoms with Crippen molar-refractivity contribution in [1.29, 1.82) is 0 Å². The summed E-state index contributed by atoms with van der Waals surface area (Å²) in [5, 5.41) is 11.6. The van der Waals surface area contributed by atoms with Crippen molar-refractivity contribution in [2.75, 3.05) is 13.6 Å². The Bertz CT molecular complexity index is 606. The maximum absolute atomic E-state index is 12.0. The summed E-state index contributed by atoms with van der Waals surface area (Å²) in [5.74, 6) is 5.98. The molecule has 0 aliphatic heterocycles. The van der Waals surface area contributed by atoms with Gasteiger partial charge in [-0.2, -0.15) is 0 Å². The van der Waals surface area contributed by atoms with Gasteiger partial charge >= 0.3 is 5.97 Å². The lowest BCUT2D eigenvalue weighted by atomic mass is 9.75. The van der Waals surface area contributed by atoms with Gasteiger partial charge in [0.05, 0.1) is 5.56 Å². The van der Waals surface area contributed by atoms with Crippen molar-refractivity contribution in [2.24, 2.45) is 17.2 Å². The van der Waals surface area contributed by atoms with E-state index in [1.54, 1.807) is 16.3 Å². The molecule has 0 aromatic carbocycles. The SMILES string of the molecule is CN(N)C[C@@H]1CCC[C@H]1c1sc2c(c1C(=O)O)CC(C)(C)CC2. The van der Waals surface area contributed by atoms with E-state index in [9.17, 15) is 9.90 Å². The second-order valence-corrected chi connectivity index (χ2v) is 9.26. The molecule has 0 saturated heterocycles. The van der Waals surface area contributed by atoms with Crippen LogP contribution in [0.2, 0.25) is 0 Å². The Morgan fingerprint density at radius 2 is 2.17 bits per heavy atom. The number of nitrogens with two attached hydrogens (primary N) is 1. The van der Waals surface area contributed by atoms with Crippen LogP contribution in [0.25, 0.3) is 0 Å². The molecule has 5 heteroatoms. The van der Waals surface area contributed by atoms with Crippen LogP contribution < -0.4 is 5.84 Å². The Hall–Kier alpha value is -0.910. The van der Waals surface area contributed by atoms with Crippen molar-refractivity contribution in [3.8, 4) is 0 Å². The van der Waals surface area contributed by atoms with E-state index in [2.05, 4.69) is 13.8 Å². The highest BCUT2D eigenvalue weighted by Gasteiger charge is 2.38. The standard InChI is InChI=1S/C18H28N2O2S/c1-18(2)8-7-14-13(9-18)15(17(21)22)16(23-14)12-6-4-5-11(12)10-20(3)19/h11-12H,4-10,19H2,1-3H3,(H,21,22)/t11-,12+/m0/s1. The van der Waals surface area contributed by atoms with Gasteiger partial charge in [-0.15, -0.1) is 11.3 Å². The average Bonchev–Trinajstić information content (AvgIpc) is 3.00. The van der Waals surface area contributed by atoms with Gasteiger partial charge in [-0.05, 0) is 54.9 Å². The fraction of sp³-hybridized carbons (Fsp3) is 0.722. The van der Waals surface area contributed by atoms with Crippen LogP contribution >= 0.6 is 11.3 Å². The monoisotopic (exact) mass is 336 g/mol. The summed E-state index contributed by atoms with van der Waals surface area (Å²) < 4.78 is 0. The van der Waals surface area contributed by atoms with E-state index in [1.165, 1.54) is 11.3 Å². The fourth-order valence-electron chi connectivity index (χ4n) is 4.41. The topological polar surface area (TPSA) is 66.6 Å². The van der Waals surface area contributed by atoms with Crippen molar-refractivity contribution in [1.82, 2.24) is 5.01 Å². The quantitative estimate of drug-likeness (QED) is 0.650. The predicted octanol–water partition coefficient (Wildman–Crippen LogP) is 3.65. The third-order valence-electron chi connectivity index (χ3n) is 5.53. The largest absolute Gasteiger partial charge is 0.478 e. The number of rotatable bonds is 4. The molecule has 2 aliphatic carbocycles. The summed E-state index contributed by atoms with van der Waals surface area (Å²) in [5.41, 5.74) is 1.97. The highest BCUT2D eigenvalue weighted by atomic mass is 32.1. The van der Waals surface area contributed by atoms with Gasteiger partial charge in [-0.3, -0.25) is 5.84 Å². The molecule has 1 heterocycles. The summed E-state index contributed by atoms with van der Waals surface area (Å²) in [6.45, 7) is 5.35. The van der Waals surface area contributed by atoms with Crippen molar-refractivity contribution in [3.63, 3.8) is 0 Å². The van der Waals surface area contributed by atoms with Gasteiger partial charge in [-0.1, -0.05) is 20.3 Å². The van der Waals surface area contributed by atoms with Crippen LogP contribution in [-0.4, -0.2) is 29.7 Å². The van der Waals surface area contributed by atoms with E-state index in [0.717, 1.165) is 49.1 Å². The lowest BCUT2D eigenvalue weighted by Crippen LogP contribution is -2.32. The maximum Gasteiger partial charge on any atom is 0.337 e. The van der Waals surface area contributed by atoms with Crippen molar-refractivity contribution >= 4 is 17.3 Å². The van der Waals surface area contributed by atoms with Gasteiger partial charge in [-0.25, -0.2) is 9.80 Å². The van der Waals surface area contributed by atoms with Gasteiger partial charge in [0.15, 0.2) is 0 Å². The normalized spacial score (nSPS) is 26.5. The second-order valence-electron chi connectivity index (χ2n) is 8.13. The maximum atomic E-state index is 12.0. The first-order valence-electron chi connectivity index (χ1n) is 8.62.